The van der Waals surface area contributed by atoms with Gasteiger partial charge in [0.2, 0.25) is 5.91 Å². The average Bonchev–Trinajstić information content (AvgIpc) is 3.24. The Kier molecular flexibility index (Phi) is 6.15. The number of aromatic nitrogens is 5. The number of likely N-dealkylation sites (tertiary alicyclic amines) is 1. The predicted molar refractivity (Wildman–Crippen MR) is 130 cm³/mol. The number of halogens is 1. The number of amides is 1. The van der Waals surface area contributed by atoms with E-state index in [1.807, 2.05) is 60.4 Å². The number of aryl methyl sites for hydroxylation is 1. The minimum atomic E-state index is -0.296. The molecular weight excluding hydrogens is 452 g/mol. The number of fused-ring (bicyclic) bond motifs is 1. The van der Waals surface area contributed by atoms with Gasteiger partial charge in [-0.05, 0) is 48.6 Å². The van der Waals surface area contributed by atoms with Crippen molar-refractivity contribution in [2.45, 2.75) is 38.6 Å². The molecule has 1 N–H and O–H groups in total. The van der Waals surface area contributed by atoms with Crippen LogP contribution in [0, 0.1) is 6.92 Å². The molecule has 3 heterocycles. The second-order valence-corrected chi connectivity index (χ2v) is 9.20. The van der Waals surface area contributed by atoms with Gasteiger partial charge in [-0.25, -0.2) is 9.67 Å². The molecule has 0 bridgehead atoms. The fourth-order valence-corrected chi connectivity index (χ4v) is 4.69. The fraction of sp³-hybridized carbons (Fsp3) is 0.320. The van der Waals surface area contributed by atoms with Gasteiger partial charge < -0.3 is 9.88 Å². The molecule has 0 saturated carbocycles. The molecule has 2 aromatic carbocycles. The summed E-state index contributed by atoms with van der Waals surface area (Å²) in [7, 11) is 0. The highest BCUT2D eigenvalue weighted by Crippen LogP contribution is 2.26. The minimum absolute atomic E-state index is 0.0640. The van der Waals surface area contributed by atoms with E-state index in [-0.39, 0.29) is 22.9 Å². The van der Waals surface area contributed by atoms with Crippen LogP contribution in [0.1, 0.15) is 41.3 Å². The zero-order chi connectivity index (χ0) is 23.7. The molecule has 34 heavy (non-hydrogen) atoms. The normalized spacial score (nSPS) is 14.6. The summed E-state index contributed by atoms with van der Waals surface area (Å²) in [6, 6.07) is 15.5. The molecule has 0 atom stereocenters. The minimum Gasteiger partial charge on any atom is -0.342 e. The second-order valence-electron chi connectivity index (χ2n) is 8.76. The van der Waals surface area contributed by atoms with Crippen LogP contribution in [-0.4, -0.2) is 48.9 Å². The summed E-state index contributed by atoms with van der Waals surface area (Å²) >= 11 is 6.10. The van der Waals surface area contributed by atoms with Crippen LogP contribution < -0.4 is 5.56 Å². The summed E-state index contributed by atoms with van der Waals surface area (Å²) in [6.07, 6.45) is 1.89. The number of nitrogens with one attached hydrogen (secondary N) is 1. The second kappa shape index (κ2) is 9.38. The van der Waals surface area contributed by atoms with E-state index in [1.54, 1.807) is 4.68 Å². The molecule has 0 radical (unpaired) electrons. The fourth-order valence-electron chi connectivity index (χ4n) is 4.48. The number of piperidine rings is 1. The Labute approximate surface area is 201 Å². The number of aromatic amines is 1. The molecule has 1 fully saturated rings. The monoisotopic (exact) mass is 476 g/mol. The van der Waals surface area contributed by atoms with Gasteiger partial charge in [-0.15, -0.1) is 5.10 Å². The van der Waals surface area contributed by atoms with E-state index in [9.17, 15) is 9.59 Å². The lowest BCUT2D eigenvalue weighted by Crippen LogP contribution is -2.39. The summed E-state index contributed by atoms with van der Waals surface area (Å²) in [4.78, 5) is 35.0. The van der Waals surface area contributed by atoms with Gasteiger partial charge in [-0.1, -0.05) is 53.2 Å². The molecule has 1 aliphatic rings. The summed E-state index contributed by atoms with van der Waals surface area (Å²) in [5, 5.41) is 8.80. The molecule has 0 aliphatic carbocycles. The summed E-state index contributed by atoms with van der Waals surface area (Å²) < 4.78 is 1.63. The molecule has 4 aromatic rings. The van der Waals surface area contributed by atoms with E-state index in [0.29, 0.717) is 42.5 Å². The molecule has 1 amide bonds. The first kappa shape index (κ1) is 22.3. The third-order valence-corrected chi connectivity index (χ3v) is 6.69. The summed E-state index contributed by atoms with van der Waals surface area (Å²) in [6.45, 7) is 3.71. The van der Waals surface area contributed by atoms with Gasteiger partial charge in [0.25, 0.3) is 5.56 Å². The summed E-state index contributed by atoms with van der Waals surface area (Å²) in [5.41, 5.74) is 3.52. The van der Waals surface area contributed by atoms with E-state index in [4.69, 9.17) is 16.6 Å². The van der Waals surface area contributed by atoms with Crippen molar-refractivity contribution in [3.63, 3.8) is 0 Å². The lowest BCUT2D eigenvalue weighted by Gasteiger charge is -2.31. The maximum atomic E-state index is 12.8. The van der Waals surface area contributed by atoms with Crippen LogP contribution in [0.5, 0.6) is 0 Å². The first-order valence-electron chi connectivity index (χ1n) is 11.4. The van der Waals surface area contributed by atoms with Crippen molar-refractivity contribution in [1.29, 1.82) is 0 Å². The van der Waals surface area contributed by atoms with Crippen LogP contribution in [0.15, 0.2) is 53.3 Å². The Bertz CT molecular complexity index is 1400. The first-order valence-corrected chi connectivity index (χ1v) is 11.8. The standard InChI is InChI=1S/C25H25ClN6O2/c1-16-5-2-3-7-19(16)14-21(33)31-11-9-18(10-12-31)23-27-24-22(25(34)28-23)29-30-32(24)15-17-6-4-8-20(26)13-17/h2-8,13,18H,9-12,14-15H2,1H3,(H,27,28,34). The SMILES string of the molecule is Cc1ccccc1CC(=O)N1CCC(c2nc3c(nnn3Cc3cccc(Cl)c3)c(=O)[nH]2)CC1. The number of benzene rings is 2. The molecule has 174 valence electrons. The topological polar surface area (TPSA) is 96.8 Å². The van der Waals surface area contributed by atoms with Gasteiger partial charge in [0.15, 0.2) is 11.2 Å². The highest BCUT2D eigenvalue weighted by atomic mass is 35.5. The van der Waals surface area contributed by atoms with Crippen LogP contribution in [0.25, 0.3) is 11.2 Å². The first-order chi connectivity index (χ1) is 16.5. The van der Waals surface area contributed by atoms with Crippen LogP contribution >= 0.6 is 11.6 Å². The molecule has 1 saturated heterocycles. The van der Waals surface area contributed by atoms with Crippen molar-refractivity contribution >= 4 is 28.7 Å². The van der Waals surface area contributed by atoms with Gasteiger partial charge in [0.1, 0.15) is 5.82 Å². The molecule has 5 rings (SSSR count). The smallest absolute Gasteiger partial charge is 0.281 e. The van der Waals surface area contributed by atoms with Gasteiger partial charge in [-0.3, -0.25) is 9.59 Å². The van der Waals surface area contributed by atoms with Crippen LogP contribution in [0.2, 0.25) is 5.02 Å². The zero-order valence-corrected chi connectivity index (χ0v) is 19.6. The lowest BCUT2D eigenvalue weighted by atomic mass is 9.95. The quantitative estimate of drug-likeness (QED) is 0.475. The Hall–Kier alpha value is -3.52. The number of carbonyl (C=O) groups excluding carboxylic acids is 1. The van der Waals surface area contributed by atoms with Gasteiger partial charge >= 0.3 is 0 Å². The maximum absolute atomic E-state index is 12.8. The van der Waals surface area contributed by atoms with Crippen LogP contribution in [0.3, 0.4) is 0 Å². The lowest BCUT2D eigenvalue weighted by molar-refractivity contribution is -0.131. The highest BCUT2D eigenvalue weighted by molar-refractivity contribution is 6.30. The maximum Gasteiger partial charge on any atom is 0.281 e. The van der Waals surface area contributed by atoms with Gasteiger partial charge in [0, 0.05) is 24.0 Å². The molecule has 9 heteroatoms. The Morgan fingerprint density at radius 1 is 1.15 bits per heavy atom. The van der Waals surface area contributed by atoms with E-state index in [1.165, 1.54) is 0 Å². The number of carbonyl (C=O) groups is 1. The molecule has 2 aromatic heterocycles. The Morgan fingerprint density at radius 2 is 1.94 bits per heavy atom. The molecule has 8 nitrogen and oxygen atoms in total. The van der Waals surface area contributed by atoms with Crippen LogP contribution in [-0.2, 0) is 17.8 Å². The predicted octanol–water partition coefficient (Wildman–Crippen LogP) is 3.47. The zero-order valence-electron chi connectivity index (χ0n) is 18.9. The molecule has 1 aliphatic heterocycles. The Morgan fingerprint density at radius 3 is 2.71 bits per heavy atom. The van der Waals surface area contributed by atoms with Crippen molar-refractivity contribution in [3.8, 4) is 0 Å². The van der Waals surface area contributed by atoms with E-state index in [2.05, 4.69) is 15.3 Å². The highest BCUT2D eigenvalue weighted by Gasteiger charge is 2.26. The average molecular weight is 477 g/mol. The number of nitrogens with zero attached hydrogens (tertiary/aromatic N) is 5. The van der Waals surface area contributed by atoms with Crippen molar-refractivity contribution in [1.82, 2.24) is 29.9 Å². The molecule has 0 spiro atoms. The number of rotatable bonds is 5. The van der Waals surface area contributed by atoms with Gasteiger partial charge in [0.05, 0.1) is 13.0 Å². The van der Waals surface area contributed by atoms with E-state index < -0.39 is 0 Å². The number of hydrogen-bond acceptors (Lipinski definition) is 5. The van der Waals surface area contributed by atoms with Crippen molar-refractivity contribution in [3.05, 3.63) is 86.4 Å². The molecule has 0 unspecified atom stereocenters. The summed E-state index contributed by atoms with van der Waals surface area (Å²) in [5.74, 6) is 0.820. The van der Waals surface area contributed by atoms with Gasteiger partial charge in [-0.2, -0.15) is 0 Å². The van der Waals surface area contributed by atoms with E-state index in [0.717, 1.165) is 29.5 Å². The van der Waals surface area contributed by atoms with E-state index >= 15 is 0 Å². The Balaban J connectivity index is 1.31. The number of hydrogen-bond donors (Lipinski definition) is 1. The largest absolute Gasteiger partial charge is 0.342 e. The number of H-pyrrole nitrogens is 1. The van der Waals surface area contributed by atoms with Crippen molar-refractivity contribution in [2.24, 2.45) is 0 Å². The third-order valence-electron chi connectivity index (χ3n) is 6.45. The van der Waals surface area contributed by atoms with Crippen molar-refractivity contribution < 1.29 is 4.79 Å². The van der Waals surface area contributed by atoms with Crippen LogP contribution in [0.4, 0.5) is 0 Å². The third kappa shape index (κ3) is 4.59. The van der Waals surface area contributed by atoms with Crippen molar-refractivity contribution in [2.75, 3.05) is 13.1 Å². The molecular formula is C25H25ClN6O2.